The van der Waals surface area contributed by atoms with Crippen LogP contribution in [0.4, 0.5) is 5.69 Å². The minimum Gasteiger partial charge on any atom is -0.467 e. The van der Waals surface area contributed by atoms with Crippen molar-refractivity contribution in [3.8, 4) is 0 Å². The summed E-state index contributed by atoms with van der Waals surface area (Å²) in [5.41, 5.74) is 3.01. The third-order valence-electron chi connectivity index (χ3n) is 5.88. The van der Waals surface area contributed by atoms with Crippen molar-refractivity contribution >= 4 is 23.6 Å². The van der Waals surface area contributed by atoms with Gasteiger partial charge in [0.25, 0.3) is 0 Å². The van der Waals surface area contributed by atoms with E-state index in [-0.39, 0.29) is 17.7 Å². The summed E-state index contributed by atoms with van der Waals surface area (Å²) in [6.07, 6.45) is 6.39. The lowest BCUT2D eigenvalue weighted by Crippen LogP contribution is -2.44. The summed E-state index contributed by atoms with van der Waals surface area (Å²) in [6, 6.07) is 21.5. The third kappa shape index (κ3) is 5.35. The monoisotopic (exact) mass is 428 g/mol. The molecule has 1 aromatic heterocycles. The average Bonchev–Trinajstić information content (AvgIpc) is 3.35. The fourth-order valence-corrected chi connectivity index (χ4v) is 3.98. The summed E-state index contributed by atoms with van der Waals surface area (Å²) >= 11 is 0. The fourth-order valence-electron chi connectivity index (χ4n) is 3.98. The van der Waals surface area contributed by atoms with Crippen LogP contribution in [0.5, 0.6) is 0 Å². The van der Waals surface area contributed by atoms with Gasteiger partial charge in [-0.1, -0.05) is 48.0 Å². The number of amides is 2. The third-order valence-corrected chi connectivity index (χ3v) is 5.88. The van der Waals surface area contributed by atoms with Gasteiger partial charge in [-0.05, 0) is 55.7 Å². The van der Waals surface area contributed by atoms with E-state index in [9.17, 15) is 9.59 Å². The SMILES string of the molecule is Cc1ccc(N(Cc2ccco2)C(=O)C2CCN(C(=O)/C=C/c3ccccc3)CC2)cc1. The Bertz CT molecular complexity index is 1050. The number of furan rings is 1. The lowest BCUT2D eigenvalue weighted by molar-refractivity contribution is -0.131. The van der Waals surface area contributed by atoms with Gasteiger partial charge in [-0.3, -0.25) is 9.59 Å². The van der Waals surface area contributed by atoms with Crippen LogP contribution in [0.3, 0.4) is 0 Å². The predicted octanol–water partition coefficient (Wildman–Crippen LogP) is 5.07. The van der Waals surface area contributed by atoms with Crippen molar-refractivity contribution in [2.75, 3.05) is 18.0 Å². The van der Waals surface area contributed by atoms with E-state index in [1.165, 1.54) is 0 Å². The van der Waals surface area contributed by atoms with E-state index < -0.39 is 0 Å². The van der Waals surface area contributed by atoms with Crippen LogP contribution < -0.4 is 4.90 Å². The number of carbonyl (C=O) groups excluding carboxylic acids is 2. The van der Waals surface area contributed by atoms with Gasteiger partial charge in [0.2, 0.25) is 11.8 Å². The van der Waals surface area contributed by atoms with Crippen LogP contribution >= 0.6 is 0 Å². The summed E-state index contributed by atoms with van der Waals surface area (Å²) in [5.74, 6) is 0.703. The first-order chi connectivity index (χ1) is 15.6. The molecule has 0 unspecified atom stereocenters. The molecule has 0 radical (unpaired) electrons. The lowest BCUT2D eigenvalue weighted by Gasteiger charge is -2.33. The molecule has 0 spiro atoms. The molecule has 4 rings (SSSR count). The predicted molar refractivity (Wildman–Crippen MR) is 126 cm³/mol. The van der Waals surface area contributed by atoms with Gasteiger partial charge in [-0.25, -0.2) is 0 Å². The van der Waals surface area contributed by atoms with Crippen LogP contribution in [0, 0.1) is 12.8 Å². The standard InChI is InChI=1S/C27H28N2O3/c1-21-9-12-24(13-10-21)29(20-25-8-5-19-32-25)27(31)23-15-17-28(18-16-23)26(30)14-11-22-6-3-2-4-7-22/h2-14,19,23H,15-18,20H2,1H3/b14-11+. The molecular weight excluding hydrogens is 400 g/mol. The molecule has 32 heavy (non-hydrogen) atoms. The van der Waals surface area contributed by atoms with E-state index in [0.717, 1.165) is 22.6 Å². The fraction of sp³-hybridized carbons (Fsp3) is 0.259. The summed E-state index contributed by atoms with van der Waals surface area (Å²) in [5, 5.41) is 0. The molecule has 5 nitrogen and oxygen atoms in total. The van der Waals surface area contributed by atoms with Crippen LogP contribution in [0.25, 0.3) is 6.08 Å². The minimum absolute atomic E-state index is 0.00858. The van der Waals surface area contributed by atoms with Crippen molar-refractivity contribution in [3.63, 3.8) is 0 Å². The summed E-state index contributed by atoms with van der Waals surface area (Å²) < 4.78 is 5.50. The minimum atomic E-state index is -0.117. The molecule has 0 aliphatic carbocycles. The van der Waals surface area contributed by atoms with Crippen LogP contribution in [0.15, 0.2) is 83.5 Å². The second-order valence-corrected chi connectivity index (χ2v) is 8.18. The van der Waals surface area contributed by atoms with Gasteiger partial charge < -0.3 is 14.2 Å². The van der Waals surface area contributed by atoms with Crippen molar-refractivity contribution in [1.29, 1.82) is 0 Å². The van der Waals surface area contributed by atoms with E-state index >= 15 is 0 Å². The number of hydrogen-bond acceptors (Lipinski definition) is 3. The maximum Gasteiger partial charge on any atom is 0.246 e. The van der Waals surface area contributed by atoms with Gasteiger partial charge in [0.1, 0.15) is 5.76 Å². The van der Waals surface area contributed by atoms with Gasteiger partial charge in [0.05, 0.1) is 12.8 Å². The molecule has 2 aromatic carbocycles. The number of benzene rings is 2. The number of carbonyl (C=O) groups is 2. The average molecular weight is 429 g/mol. The number of rotatable bonds is 6. The highest BCUT2D eigenvalue weighted by Gasteiger charge is 2.30. The maximum atomic E-state index is 13.5. The van der Waals surface area contributed by atoms with Crippen molar-refractivity contribution in [2.24, 2.45) is 5.92 Å². The molecular formula is C27H28N2O3. The van der Waals surface area contributed by atoms with Gasteiger partial charge in [0.15, 0.2) is 0 Å². The number of aryl methyl sites for hydroxylation is 1. The van der Waals surface area contributed by atoms with Gasteiger partial charge >= 0.3 is 0 Å². The highest BCUT2D eigenvalue weighted by atomic mass is 16.3. The van der Waals surface area contributed by atoms with Gasteiger partial charge in [-0.2, -0.15) is 0 Å². The first-order valence-corrected chi connectivity index (χ1v) is 11.0. The smallest absolute Gasteiger partial charge is 0.246 e. The normalized spacial score (nSPS) is 14.6. The quantitative estimate of drug-likeness (QED) is 0.515. The Kier molecular flexibility index (Phi) is 6.85. The largest absolute Gasteiger partial charge is 0.467 e. The van der Waals surface area contributed by atoms with Gasteiger partial charge in [-0.15, -0.1) is 0 Å². The Hall–Kier alpha value is -3.60. The molecule has 0 N–H and O–H groups in total. The summed E-state index contributed by atoms with van der Waals surface area (Å²) in [4.78, 5) is 29.7. The summed E-state index contributed by atoms with van der Waals surface area (Å²) in [6.45, 7) is 3.59. The van der Waals surface area contributed by atoms with Crippen molar-refractivity contribution in [2.45, 2.75) is 26.3 Å². The van der Waals surface area contributed by atoms with E-state index in [2.05, 4.69) is 0 Å². The van der Waals surface area contributed by atoms with Crippen molar-refractivity contribution < 1.29 is 14.0 Å². The van der Waals surface area contributed by atoms with E-state index in [4.69, 9.17) is 4.42 Å². The second kappa shape index (κ2) is 10.1. The van der Waals surface area contributed by atoms with E-state index in [0.29, 0.717) is 32.5 Å². The number of piperidine rings is 1. The lowest BCUT2D eigenvalue weighted by atomic mass is 9.94. The molecule has 1 saturated heterocycles. The van der Waals surface area contributed by atoms with Crippen LogP contribution in [0.2, 0.25) is 0 Å². The molecule has 2 heterocycles. The molecule has 164 valence electrons. The summed E-state index contributed by atoms with van der Waals surface area (Å²) in [7, 11) is 0. The Morgan fingerprint density at radius 1 is 1.00 bits per heavy atom. The van der Waals surface area contributed by atoms with Crippen LogP contribution in [-0.2, 0) is 16.1 Å². The molecule has 0 saturated carbocycles. The highest BCUT2D eigenvalue weighted by Crippen LogP contribution is 2.26. The molecule has 1 aliphatic rings. The Balaban J connectivity index is 1.40. The van der Waals surface area contributed by atoms with E-state index in [1.54, 1.807) is 17.2 Å². The first-order valence-electron chi connectivity index (χ1n) is 11.0. The Labute approximate surface area is 189 Å². The zero-order chi connectivity index (χ0) is 22.3. The van der Waals surface area contributed by atoms with Gasteiger partial charge in [0, 0.05) is 30.8 Å². The molecule has 3 aromatic rings. The number of hydrogen-bond donors (Lipinski definition) is 0. The molecule has 1 fully saturated rings. The van der Waals surface area contributed by atoms with Crippen molar-refractivity contribution in [1.82, 2.24) is 4.90 Å². The maximum absolute atomic E-state index is 13.5. The van der Waals surface area contributed by atoms with E-state index in [1.807, 2.05) is 84.6 Å². The first kappa shape index (κ1) is 21.6. The highest BCUT2D eigenvalue weighted by molar-refractivity contribution is 5.95. The molecule has 1 aliphatic heterocycles. The molecule has 5 heteroatoms. The zero-order valence-corrected chi connectivity index (χ0v) is 18.3. The Morgan fingerprint density at radius 3 is 2.38 bits per heavy atom. The Morgan fingerprint density at radius 2 is 1.72 bits per heavy atom. The zero-order valence-electron chi connectivity index (χ0n) is 18.3. The number of anilines is 1. The van der Waals surface area contributed by atoms with Crippen molar-refractivity contribution in [3.05, 3.63) is 96.0 Å². The molecule has 0 bridgehead atoms. The molecule has 2 amide bonds. The number of nitrogens with zero attached hydrogens (tertiary/aromatic N) is 2. The molecule has 0 atom stereocenters. The van der Waals surface area contributed by atoms with Crippen LogP contribution in [0.1, 0.15) is 29.7 Å². The topological polar surface area (TPSA) is 53.8 Å². The number of likely N-dealkylation sites (tertiary alicyclic amines) is 1. The second-order valence-electron chi connectivity index (χ2n) is 8.18. The van der Waals surface area contributed by atoms with Crippen LogP contribution in [-0.4, -0.2) is 29.8 Å².